The first-order chi connectivity index (χ1) is 6.40. The maximum Gasteiger partial charge on any atom is 0.0584 e. The summed E-state index contributed by atoms with van der Waals surface area (Å²) in [6.45, 7) is 0.253. The van der Waals surface area contributed by atoms with Crippen molar-refractivity contribution in [3.63, 3.8) is 0 Å². The molecule has 2 N–H and O–H groups in total. The highest BCUT2D eigenvalue weighted by molar-refractivity contribution is 5.20. The van der Waals surface area contributed by atoms with Crippen LogP contribution in [0.2, 0.25) is 0 Å². The number of hydrogen-bond donors (Lipinski definition) is 2. The van der Waals surface area contributed by atoms with Crippen molar-refractivity contribution in [1.29, 1.82) is 0 Å². The summed E-state index contributed by atoms with van der Waals surface area (Å²) in [4.78, 5) is 0. The molecule has 1 heterocycles. The van der Waals surface area contributed by atoms with E-state index in [0.29, 0.717) is 12.1 Å². The number of aliphatic hydroxyl groups is 1. The normalized spacial score (nSPS) is 27.8. The molecule has 1 aromatic rings. The lowest BCUT2D eigenvalue weighted by molar-refractivity contribution is 0.251. The Morgan fingerprint density at radius 3 is 2.62 bits per heavy atom. The van der Waals surface area contributed by atoms with Crippen molar-refractivity contribution in [1.82, 2.24) is 5.32 Å². The number of benzene rings is 1. The van der Waals surface area contributed by atoms with Crippen LogP contribution in [0.15, 0.2) is 30.3 Å². The van der Waals surface area contributed by atoms with E-state index in [2.05, 4.69) is 29.6 Å². The number of hydrogen-bond acceptors (Lipinski definition) is 2. The Labute approximate surface area is 78.6 Å². The van der Waals surface area contributed by atoms with E-state index >= 15 is 0 Å². The average molecular weight is 177 g/mol. The number of nitrogens with one attached hydrogen (secondary N) is 1. The van der Waals surface area contributed by atoms with E-state index in [-0.39, 0.29) is 6.61 Å². The van der Waals surface area contributed by atoms with Gasteiger partial charge in [-0.15, -0.1) is 0 Å². The van der Waals surface area contributed by atoms with Gasteiger partial charge in [0.05, 0.1) is 6.61 Å². The maximum absolute atomic E-state index is 8.97. The van der Waals surface area contributed by atoms with Crippen molar-refractivity contribution in [3.05, 3.63) is 35.9 Å². The summed E-state index contributed by atoms with van der Waals surface area (Å²) in [5.74, 6) is 0. The van der Waals surface area contributed by atoms with Crippen LogP contribution in [0, 0.1) is 0 Å². The predicted molar refractivity (Wildman–Crippen MR) is 52.4 cm³/mol. The van der Waals surface area contributed by atoms with E-state index in [4.69, 9.17) is 5.11 Å². The molecular formula is C11H15NO. The number of rotatable bonds is 2. The molecule has 0 bridgehead atoms. The fourth-order valence-electron chi connectivity index (χ4n) is 1.91. The Morgan fingerprint density at radius 2 is 2.00 bits per heavy atom. The van der Waals surface area contributed by atoms with Gasteiger partial charge in [-0.25, -0.2) is 0 Å². The lowest BCUT2D eigenvalue weighted by Crippen LogP contribution is -2.27. The van der Waals surface area contributed by atoms with Crippen molar-refractivity contribution in [2.45, 2.75) is 24.9 Å². The molecule has 70 valence electrons. The Hall–Kier alpha value is -0.860. The summed E-state index contributed by atoms with van der Waals surface area (Å²) in [5, 5.41) is 12.4. The summed E-state index contributed by atoms with van der Waals surface area (Å²) in [7, 11) is 0. The Kier molecular flexibility index (Phi) is 2.62. The van der Waals surface area contributed by atoms with Crippen molar-refractivity contribution in [2.24, 2.45) is 0 Å². The molecule has 0 unspecified atom stereocenters. The quantitative estimate of drug-likeness (QED) is 0.717. The molecule has 0 amide bonds. The first-order valence-electron chi connectivity index (χ1n) is 4.82. The van der Waals surface area contributed by atoms with Gasteiger partial charge in [0, 0.05) is 12.1 Å². The fraction of sp³-hybridized carbons (Fsp3) is 0.455. The SMILES string of the molecule is OC[C@H]1CC[C@H](c2ccccc2)N1. The molecule has 0 aromatic heterocycles. The first kappa shape index (κ1) is 8.73. The third kappa shape index (κ3) is 1.90. The second-order valence-corrected chi connectivity index (χ2v) is 3.59. The molecule has 2 atom stereocenters. The van der Waals surface area contributed by atoms with E-state index in [0.717, 1.165) is 12.8 Å². The zero-order valence-electron chi connectivity index (χ0n) is 7.61. The fourth-order valence-corrected chi connectivity index (χ4v) is 1.91. The standard InChI is InChI=1S/C11H15NO/c13-8-10-6-7-11(12-10)9-4-2-1-3-5-9/h1-5,10-13H,6-8H2/t10-,11-/m1/s1. The second kappa shape index (κ2) is 3.90. The minimum Gasteiger partial charge on any atom is -0.395 e. The molecule has 1 aliphatic rings. The van der Waals surface area contributed by atoms with E-state index in [1.165, 1.54) is 5.56 Å². The van der Waals surface area contributed by atoms with Crippen LogP contribution in [-0.4, -0.2) is 17.8 Å². The van der Waals surface area contributed by atoms with Gasteiger partial charge in [0.2, 0.25) is 0 Å². The van der Waals surface area contributed by atoms with Gasteiger partial charge < -0.3 is 10.4 Å². The van der Waals surface area contributed by atoms with Gasteiger partial charge in [-0.1, -0.05) is 30.3 Å². The van der Waals surface area contributed by atoms with E-state index in [1.807, 2.05) is 6.07 Å². The van der Waals surface area contributed by atoms with Gasteiger partial charge in [-0.05, 0) is 18.4 Å². The van der Waals surface area contributed by atoms with Crippen LogP contribution in [0.25, 0.3) is 0 Å². The maximum atomic E-state index is 8.97. The minimum atomic E-state index is 0.253. The largest absolute Gasteiger partial charge is 0.395 e. The minimum absolute atomic E-state index is 0.253. The van der Waals surface area contributed by atoms with Gasteiger partial charge in [-0.3, -0.25) is 0 Å². The molecule has 2 nitrogen and oxygen atoms in total. The lowest BCUT2D eigenvalue weighted by atomic mass is 10.1. The van der Waals surface area contributed by atoms with E-state index in [1.54, 1.807) is 0 Å². The molecule has 13 heavy (non-hydrogen) atoms. The Morgan fingerprint density at radius 1 is 1.23 bits per heavy atom. The third-order valence-electron chi connectivity index (χ3n) is 2.66. The van der Waals surface area contributed by atoms with Gasteiger partial charge in [0.15, 0.2) is 0 Å². The molecule has 0 radical (unpaired) electrons. The summed E-state index contributed by atoms with van der Waals surface area (Å²) >= 11 is 0. The van der Waals surface area contributed by atoms with Crippen LogP contribution < -0.4 is 5.32 Å². The van der Waals surface area contributed by atoms with E-state index in [9.17, 15) is 0 Å². The highest BCUT2D eigenvalue weighted by Crippen LogP contribution is 2.25. The zero-order chi connectivity index (χ0) is 9.10. The zero-order valence-corrected chi connectivity index (χ0v) is 7.61. The highest BCUT2D eigenvalue weighted by atomic mass is 16.3. The van der Waals surface area contributed by atoms with E-state index < -0.39 is 0 Å². The average Bonchev–Trinajstić information content (AvgIpc) is 2.67. The molecule has 0 saturated carbocycles. The molecule has 1 saturated heterocycles. The third-order valence-corrected chi connectivity index (χ3v) is 2.66. The van der Waals surface area contributed by atoms with Crippen molar-refractivity contribution in [3.8, 4) is 0 Å². The Balaban J connectivity index is 2.04. The van der Waals surface area contributed by atoms with Gasteiger partial charge in [0.1, 0.15) is 0 Å². The van der Waals surface area contributed by atoms with Crippen molar-refractivity contribution in [2.75, 3.05) is 6.61 Å². The van der Waals surface area contributed by atoms with Crippen LogP contribution in [0.3, 0.4) is 0 Å². The van der Waals surface area contributed by atoms with Crippen LogP contribution in [0.1, 0.15) is 24.4 Å². The summed E-state index contributed by atoms with van der Waals surface area (Å²) in [6, 6.07) is 11.2. The van der Waals surface area contributed by atoms with Crippen LogP contribution in [0.4, 0.5) is 0 Å². The summed E-state index contributed by atoms with van der Waals surface area (Å²) < 4.78 is 0. The molecule has 1 fully saturated rings. The van der Waals surface area contributed by atoms with Crippen LogP contribution in [-0.2, 0) is 0 Å². The van der Waals surface area contributed by atoms with Gasteiger partial charge >= 0.3 is 0 Å². The lowest BCUT2D eigenvalue weighted by Gasteiger charge is -2.12. The van der Waals surface area contributed by atoms with Crippen molar-refractivity contribution >= 4 is 0 Å². The van der Waals surface area contributed by atoms with Crippen LogP contribution >= 0.6 is 0 Å². The van der Waals surface area contributed by atoms with Crippen LogP contribution in [0.5, 0.6) is 0 Å². The molecule has 2 heteroatoms. The second-order valence-electron chi connectivity index (χ2n) is 3.59. The smallest absolute Gasteiger partial charge is 0.0584 e. The molecule has 2 rings (SSSR count). The predicted octanol–water partition coefficient (Wildman–Crippen LogP) is 1.47. The topological polar surface area (TPSA) is 32.3 Å². The molecular weight excluding hydrogens is 162 g/mol. The highest BCUT2D eigenvalue weighted by Gasteiger charge is 2.23. The molecule has 0 spiro atoms. The molecule has 0 aliphatic carbocycles. The monoisotopic (exact) mass is 177 g/mol. The summed E-state index contributed by atoms with van der Waals surface area (Å²) in [5.41, 5.74) is 1.33. The first-order valence-corrected chi connectivity index (χ1v) is 4.82. The molecule has 1 aliphatic heterocycles. The molecule has 1 aromatic carbocycles. The Bertz CT molecular complexity index is 260. The van der Waals surface area contributed by atoms with Gasteiger partial charge in [-0.2, -0.15) is 0 Å². The van der Waals surface area contributed by atoms with Crippen molar-refractivity contribution < 1.29 is 5.11 Å². The van der Waals surface area contributed by atoms with Gasteiger partial charge in [0.25, 0.3) is 0 Å². The number of aliphatic hydroxyl groups excluding tert-OH is 1. The summed E-state index contributed by atoms with van der Waals surface area (Å²) in [6.07, 6.45) is 2.21.